The Kier molecular flexibility index (Phi) is 3.63. The van der Waals surface area contributed by atoms with E-state index in [1.54, 1.807) is 7.11 Å². The minimum Gasteiger partial charge on any atom is -0.497 e. The molecule has 22 heavy (non-hydrogen) atoms. The number of H-pyrrole nitrogens is 1. The number of ether oxygens (including phenoxy) is 1. The van der Waals surface area contributed by atoms with Crippen molar-refractivity contribution in [2.45, 2.75) is 0 Å². The summed E-state index contributed by atoms with van der Waals surface area (Å²) in [6.07, 6.45) is 7.69. The van der Waals surface area contributed by atoms with E-state index in [4.69, 9.17) is 4.74 Å². The molecule has 0 radical (unpaired) electrons. The Morgan fingerprint density at radius 1 is 1.36 bits per heavy atom. The van der Waals surface area contributed by atoms with E-state index in [-0.39, 0.29) is 0 Å². The van der Waals surface area contributed by atoms with E-state index in [0.717, 1.165) is 27.8 Å². The number of hydrogen-bond donors (Lipinski definition) is 1. The van der Waals surface area contributed by atoms with Crippen LogP contribution in [-0.4, -0.2) is 12.1 Å². The van der Waals surface area contributed by atoms with Crippen molar-refractivity contribution in [2.75, 3.05) is 7.11 Å². The molecule has 0 aliphatic heterocycles. The van der Waals surface area contributed by atoms with Gasteiger partial charge in [0.05, 0.1) is 18.8 Å². The largest absolute Gasteiger partial charge is 0.497 e. The predicted molar refractivity (Wildman–Crippen MR) is 86.0 cm³/mol. The van der Waals surface area contributed by atoms with Crippen LogP contribution in [0.25, 0.3) is 22.6 Å². The number of nitrogens with one attached hydrogen (secondary N) is 1. The van der Waals surface area contributed by atoms with Crippen molar-refractivity contribution < 1.29 is 9.30 Å². The fourth-order valence-electron chi connectivity index (χ4n) is 2.48. The van der Waals surface area contributed by atoms with Gasteiger partial charge in [0.25, 0.3) is 0 Å². The second kappa shape index (κ2) is 5.74. The molecule has 0 atom stereocenters. The molecule has 0 saturated heterocycles. The number of aromatic amines is 1. The Hall–Kier alpha value is -3.06. The molecule has 108 valence electrons. The van der Waals surface area contributed by atoms with Crippen LogP contribution in [0.15, 0.2) is 48.9 Å². The minimum absolute atomic E-state index is 0.616. The van der Waals surface area contributed by atoms with Gasteiger partial charge >= 0.3 is 0 Å². The van der Waals surface area contributed by atoms with E-state index in [9.17, 15) is 5.26 Å². The maximum absolute atomic E-state index is 9.54. The number of hydrogen-bond acceptors (Lipinski definition) is 2. The fraction of sp³-hybridized carbons (Fsp3) is 0.111. The lowest BCUT2D eigenvalue weighted by Gasteiger charge is -2.01. The lowest BCUT2D eigenvalue weighted by molar-refractivity contribution is -0.671. The molecule has 4 heteroatoms. The van der Waals surface area contributed by atoms with Crippen LogP contribution in [-0.2, 0) is 7.05 Å². The van der Waals surface area contributed by atoms with E-state index in [0.29, 0.717) is 5.57 Å². The van der Waals surface area contributed by atoms with Crippen molar-refractivity contribution in [2.24, 2.45) is 7.05 Å². The molecule has 1 N–H and O–H groups in total. The maximum atomic E-state index is 9.54. The average Bonchev–Trinajstić information content (AvgIpc) is 2.95. The molecule has 3 rings (SSSR count). The van der Waals surface area contributed by atoms with E-state index in [1.165, 1.54) is 0 Å². The van der Waals surface area contributed by atoms with Crippen LogP contribution in [0, 0.1) is 11.3 Å². The third kappa shape index (κ3) is 2.57. The smallest absolute Gasteiger partial charge is 0.175 e. The van der Waals surface area contributed by atoms with Crippen molar-refractivity contribution in [1.82, 2.24) is 4.98 Å². The summed E-state index contributed by atoms with van der Waals surface area (Å²) >= 11 is 0. The number of rotatable bonds is 3. The Morgan fingerprint density at radius 3 is 2.95 bits per heavy atom. The maximum Gasteiger partial charge on any atom is 0.175 e. The van der Waals surface area contributed by atoms with Crippen molar-refractivity contribution in [1.29, 1.82) is 5.26 Å². The molecular weight excluding hydrogens is 274 g/mol. The number of methoxy groups -OCH3 is 1. The molecule has 3 aromatic rings. The summed E-state index contributed by atoms with van der Waals surface area (Å²) < 4.78 is 7.23. The van der Waals surface area contributed by atoms with Gasteiger partial charge in [0.1, 0.15) is 12.8 Å². The highest BCUT2D eigenvalue weighted by molar-refractivity contribution is 6.01. The van der Waals surface area contributed by atoms with Crippen molar-refractivity contribution in [3.8, 4) is 11.8 Å². The van der Waals surface area contributed by atoms with E-state index >= 15 is 0 Å². The van der Waals surface area contributed by atoms with Crippen molar-refractivity contribution in [3.63, 3.8) is 0 Å². The Bertz CT molecular complexity index is 900. The van der Waals surface area contributed by atoms with Gasteiger partial charge in [-0.1, -0.05) is 0 Å². The van der Waals surface area contributed by atoms with E-state index < -0.39 is 0 Å². The molecule has 4 nitrogen and oxygen atoms in total. The summed E-state index contributed by atoms with van der Waals surface area (Å²) in [4.78, 5) is 3.20. The quantitative estimate of drug-likeness (QED) is 0.595. The Morgan fingerprint density at radius 2 is 2.23 bits per heavy atom. The number of aryl methyl sites for hydroxylation is 1. The SMILES string of the molecule is COc1ccc2[nH]cc(/C(C#N)=C/c3ccc[n+](C)c3)c2c1. The topological polar surface area (TPSA) is 52.7 Å². The van der Waals surface area contributed by atoms with Gasteiger partial charge in [-0.25, -0.2) is 4.57 Å². The van der Waals surface area contributed by atoms with Crippen LogP contribution >= 0.6 is 0 Å². The van der Waals surface area contributed by atoms with Crippen LogP contribution in [0.4, 0.5) is 0 Å². The fourth-order valence-corrected chi connectivity index (χ4v) is 2.48. The van der Waals surface area contributed by atoms with Crippen molar-refractivity contribution >= 4 is 22.6 Å². The zero-order chi connectivity index (χ0) is 15.5. The van der Waals surface area contributed by atoms with Crippen LogP contribution < -0.4 is 9.30 Å². The first-order valence-electron chi connectivity index (χ1n) is 6.94. The Labute approximate surface area is 128 Å². The number of nitrogens with zero attached hydrogens (tertiary/aromatic N) is 2. The molecule has 0 spiro atoms. The highest BCUT2D eigenvalue weighted by atomic mass is 16.5. The van der Waals surface area contributed by atoms with Gasteiger partial charge in [0.15, 0.2) is 12.4 Å². The number of pyridine rings is 1. The average molecular weight is 290 g/mol. The number of nitriles is 1. The van der Waals surface area contributed by atoms with Crippen LogP contribution in [0.1, 0.15) is 11.1 Å². The van der Waals surface area contributed by atoms with E-state index in [1.807, 2.05) is 66.6 Å². The van der Waals surface area contributed by atoms with Gasteiger partial charge < -0.3 is 9.72 Å². The molecule has 0 unspecified atom stereocenters. The second-order valence-electron chi connectivity index (χ2n) is 5.09. The molecular formula is C18H16N3O+. The van der Waals surface area contributed by atoms with Gasteiger partial charge in [-0.15, -0.1) is 0 Å². The molecule has 0 aliphatic rings. The Balaban J connectivity index is 2.13. The standard InChI is InChI=1S/C18H16N3O/c1-21-7-3-4-13(12-21)8-14(10-19)17-11-20-18-6-5-15(22-2)9-16(17)18/h3-9,11-12,20H,1-2H3/q+1/b14-8+. The summed E-state index contributed by atoms with van der Waals surface area (Å²) in [5.41, 5.74) is 3.46. The lowest BCUT2D eigenvalue weighted by Crippen LogP contribution is -2.26. The number of aromatic nitrogens is 2. The third-order valence-corrected chi connectivity index (χ3v) is 3.57. The van der Waals surface area contributed by atoms with Crippen LogP contribution in [0.3, 0.4) is 0 Å². The highest BCUT2D eigenvalue weighted by Crippen LogP contribution is 2.29. The lowest BCUT2D eigenvalue weighted by atomic mass is 10.0. The van der Waals surface area contributed by atoms with Gasteiger partial charge in [-0.2, -0.15) is 5.26 Å². The number of fused-ring (bicyclic) bond motifs is 1. The number of benzene rings is 1. The minimum atomic E-state index is 0.616. The third-order valence-electron chi connectivity index (χ3n) is 3.57. The first-order valence-corrected chi connectivity index (χ1v) is 6.94. The van der Waals surface area contributed by atoms with E-state index in [2.05, 4.69) is 11.1 Å². The molecule has 0 saturated carbocycles. The summed E-state index contributed by atoms with van der Waals surface area (Å²) in [5, 5.41) is 10.5. The number of allylic oxidation sites excluding steroid dienone is 1. The summed E-state index contributed by atoms with van der Waals surface area (Å²) in [6, 6.07) is 12.0. The van der Waals surface area contributed by atoms with Gasteiger partial charge in [-0.3, -0.25) is 0 Å². The molecule has 1 aromatic carbocycles. The first-order chi connectivity index (χ1) is 10.7. The molecule has 0 bridgehead atoms. The zero-order valence-electron chi connectivity index (χ0n) is 12.5. The van der Waals surface area contributed by atoms with Gasteiger partial charge in [-0.05, 0) is 30.3 Å². The molecule has 0 amide bonds. The molecule has 2 aromatic heterocycles. The summed E-state index contributed by atoms with van der Waals surface area (Å²) in [7, 11) is 3.60. The predicted octanol–water partition coefficient (Wildman–Crippen LogP) is 3.07. The summed E-state index contributed by atoms with van der Waals surface area (Å²) in [5.74, 6) is 0.775. The molecule has 2 heterocycles. The van der Waals surface area contributed by atoms with Crippen molar-refractivity contribution in [3.05, 3.63) is 60.0 Å². The van der Waals surface area contributed by atoms with Crippen LogP contribution in [0.5, 0.6) is 5.75 Å². The van der Waals surface area contributed by atoms with Gasteiger partial charge in [0.2, 0.25) is 0 Å². The molecule has 0 aliphatic carbocycles. The second-order valence-corrected chi connectivity index (χ2v) is 5.09. The first kappa shape index (κ1) is 13.9. The highest BCUT2D eigenvalue weighted by Gasteiger charge is 2.10. The molecule has 0 fully saturated rings. The monoisotopic (exact) mass is 290 g/mol. The zero-order valence-corrected chi connectivity index (χ0v) is 12.5. The normalized spacial score (nSPS) is 11.4. The summed E-state index contributed by atoms with van der Waals surface area (Å²) in [6.45, 7) is 0. The van der Waals surface area contributed by atoms with Crippen LogP contribution in [0.2, 0.25) is 0 Å². The van der Waals surface area contributed by atoms with Gasteiger partial charge in [0, 0.05) is 34.3 Å².